The molecule has 48 heavy (non-hydrogen) atoms. The van der Waals surface area contributed by atoms with E-state index in [1.165, 1.54) is 0 Å². The summed E-state index contributed by atoms with van der Waals surface area (Å²) >= 11 is 17.8. The van der Waals surface area contributed by atoms with Crippen LogP contribution in [0, 0.1) is 17.8 Å². The molecule has 0 aromatic heterocycles. The summed E-state index contributed by atoms with van der Waals surface area (Å²) in [5.41, 5.74) is 2.42. The Morgan fingerprint density at radius 2 is 1.54 bits per heavy atom. The van der Waals surface area contributed by atoms with E-state index in [2.05, 4.69) is 15.9 Å². The molecule has 6 unspecified atom stereocenters. The molecular formula is C36H29BrCl2N2O7. The molecule has 0 bridgehead atoms. The summed E-state index contributed by atoms with van der Waals surface area (Å²) in [5.74, 6) is -4.97. The first kappa shape index (κ1) is 32.7. The van der Waals surface area contributed by atoms with Crippen LogP contribution in [0.2, 0.25) is 0 Å². The fourth-order valence-corrected chi connectivity index (χ4v) is 9.25. The fourth-order valence-electron chi connectivity index (χ4n) is 7.82. The summed E-state index contributed by atoms with van der Waals surface area (Å²) in [6.45, 7) is -0.0744. The van der Waals surface area contributed by atoms with Gasteiger partial charge in [0.1, 0.15) is 12.4 Å². The minimum absolute atomic E-state index is 0.0925. The molecule has 1 saturated carbocycles. The van der Waals surface area contributed by atoms with Gasteiger partial charge in [-0.15, -0.1) is 23.2 Å². The maximum atomic E-state index is 14.3. The van der Waals surface area contributed by atoms with Crippen LogP contribution in [-0.4, -0.2) is 67.8 Å². The van der Waals surface area contributed by atoms with E-state index in [1.54, 1.807) is 72.8 Å². The number of rotatable bonds is 8. The molecule has 2 heterocycles. The molecule has 3 aromatic rings. The average Bonchev–Trinajstić information content (AvgIpc) is 3.45. The number of alkyl halides is 3. The molecule has 9 nitrogen and oxygen atoms in total. The summed E-state index contributed by atoms with van der Waals surface area (Å²) in [6, 6.07) is 22.0. The van der Waals surface area contributed by atoms with Gasteiger partial charge in [0.25, 0.3) is 11.8 Å². The van der Waals surface area contributed by atoms with E-state index in [9.17, 15) is 24.0 Å². The van der Waals surface area contributed by atoms with E-state index >= 15 is 0 Å². The van der Waals surface area contributed by atoms with Gasteiger partial charge in [0.15, 0.2) is 15.5 Å². The quantitative estimate of drug-likeness (QED) is 0.110. The molecule has 0 spiro atoms. The number of aliphatic hydroxyl groups excluding tert-OH is 1. The number of nitrogens with zero attached hydrogens (tertiary/aromatic N) is 2. The monoisotopic (exact) mass is 750 g/mol. The Kier molecular flexibility index (Phi) is 8.35. The van der Waals surface area contributed by atoms with Crippen LogP contribution in [-0.2, 0) is 19.2 Å². The number of benzene rings is 3. The molecule has 3 fully saturated rings. The summed E-state index contributed by atoms with van der Waals surface area (Å²) < 4.78 is 5.52. The minimum Gasteiger partial charge on any atom is -0.491 e. The van der Waals surface area contributed by atoms with Crippen molar-refractivity contribution in [2.45, 2.75) is 28.5 Å². The van der Waals surface area contributed by atoms with Crippen molar-refractivity contribution in [3.05, 3.63) is 107 Å². The summed E-state index contributed by atoms with van der Waals surface area (Å²) in [4.78, 5) is 67.3. The maximum Gasteiger partial charge on any atom is 0.254 e. The Balaban J connectivity index is 1.26. The highest BCUT2D eigenvalue weighted by molar-refractivity contribution is 9.09. The van der Waals surface area contributed by atoms with Gasteiger partial charge >= 0.3 is 0 Å². The molecule has 0 radical (unpaired) electrons. The van der Waals surface area contributed by atoms with Crippen LogP contribution in [0.4, 0.5) is 5.69 Å². The van der Waals surface area contributed by atoms with Gasteiger partial charge in [0.2, 0.25) is 11.8 Å². The fraction of sp³-hybridized carbons (Fsp3) is 0.306. The summed E-state index contributed by atoms with van der Waals surface area (Å²) in [6.07, 6.45) is 1.98. The normalized spacial score (nSPS) is 29.4. The van der Waals surface area contributed by atoms with Crippen LogP contribution >= 0.6 is 39.1 Å². The van der Waals surface area contributed by atoms with E-state index in [0.29, 0.717) is 33.7 Å². The molecule has 2 aliphatic heterocycles. The predicted octanol–water partition coefficient (Wildman–Crippen LogP) is 5.20. The number of carbonyl (C=O) groups excluding carboxylic acids is 5. The topological polar surface area (TPSA) is 121 Å². The number of carbonyl (C=O) groups is 5. The number of imide groups is 2. The number of ether oxygens (including phenoxy) is 1. The summed E-state index contributed by atoms with van der Waals surface area (Å²) in [5, 5.41) is 9.16. The SMILES string of the molecule is O=C(c1ccccc1)c1ccc(N2C(=O)C3CC=C4C(CC5(Cl)C(=O)N(CBr)C(=O)C5(Cl)C4c4ccc(OCCO)cc4)C3C2=O)cc1. The van der Waals surface area contributed by atoms with Crippen LogP contribution in [0.15, 0.2) is 90.5 Å². The van der Waals surface area contributed by atoms with Crippen LogP contribution in [0.1, 0.15) is 40.2 Å². The van der Waals surface area contributed by atoms with Crippen LogP contribution in [0.25, 0.3) is 0 Å². The number of ketones is 1. The zero-order chi connectivity index (χ0) is 34.0. The van der Waals surface area contributed by atoms with Crippen molar-refractivity contribution in [2.75, 3.05) is 23.6 Å². The van der Waals surface area contributed by atoms with E-state index in [4.69, 9.17) is 33.0 Å². The first-order chi connectivity index (χ1) is 23.1. The third-order valence-corrected chi connectivity index (χ3v) is 11.9. The van der Waals surface area contributed by atoms with Gasteiger partial charge in [0, 0.05) is 17.0 Å². The molecule has 2 saturated heterocycles. The van der Waals surface area contributed by atoms with Crippen molar-refractivity contribution < 1.29 is 33.8 Å². The Hall–Kier alpha value is -3.83. The maximum absolute atomic E-state index is 14.3. The second-order valence-corrected chi connectivity index (χ2v) is 14.1. The van der Waals surface area contributed by atoms with Gasteiger partial charge in [-0.3, -0.25) is 33.8 Å². The molecule has 7 rings (SSSR count). The second kappa shape index (κ2) is 12.2. The zero-order valence-corrected chi connectivity index (χ0v) is 28.5. The van der Waals surface area contributed by atoms with Crippen LogP contribution in [0.5, 0.6) is 5.75 Å². The number of anilines is 1. The highest BCUT2D eigenvalue weighted by atomic mass is 79.9. The molecule has 1 N–H and O–H groups in total. The van der Waals surface area contributed by atoms with E-state index in [1.807, 2.05) is 12.1 Å². The lowest BCUT2D eigenvalue weighted by Gasteiger charge is -2.50. The molecule has 3 aromatic carbocycles. The highest BCUT2D eigenvalue weighted by Crippen LogP contribution is 2.65. The van der Waals surface area contributed by atoms with Gasteiger partial charge in [-0.1, -0.05) is 70.0 Å². The molecule has 2 aliphatic carbocycles. The smallest absolute Gasteiger partial charge is 0.254 e. The van der Waals surface area contributed by atoms with Crippen molar-refractivity contribution in [1.82, 2.24) is 4.90 Å². The van der Waals surface area contributed by atoms with Gasteiger partial charge in [-0.05, 0) is 60.7 Å². The number of aliphatic hydroxyl groups is 1. The Bertz CT molecular complexity index is 1870. The van der Waals surface area contributed by atoms with Gasteiger partial charge in [-0.2, -0.15) is 0 Å². The number of likely N-dealkylation sites (tertiary alicyclic amines) is 1. The van der Waals surface area contributed by atoms with Crippen molar-refractivity contribution in [3.8, 4) is 5.75 Å². The number of hydrogen-bond acceptors (Lipinski definition) is 7. The lowest BCUT2D eigenvalue weighted by molar-refractivity contribution is -0.138. The minimum atomic E-state index is -1.91. The van der Waals surface area contributed by atoms with Crippen molar-refractivity contribution in [2.24, 2.45) is 17.8 Å². The number of amides is 4. The first-order valence-electron chi connectivity index (χ1n) is 15.5. The average molecular weight is 752 g/mol. The van der Waals surface area contributed by atoms with Crippen LogP contribution in [0.3, 0.4) is 0 Å². The molecule has 4 aliphatic rings. The summed E-state index contributed by atoms with van der Waals surface area (Å²) in [7, 11) is 0. The zero-order valence-electron chi connectivity index (χ0n) is 25.4. The van der Waals surface area contributed by atoms with E-state index in [0.717, 1.165) is 9.80 Å². The Labute approximate surface area is 294 Å². The molecule has 6 atom stereocenters. The second-order valence-electron chi connectivity index (χ2n) is 12.4. The van der Waals surface area contributed by atoms with E-state index < -0.39 is 51.1 Å². The molecular weight excluding hydrogens is 723 g/mol. The number of halogens is 3. The lowest BCUT2D eigenvalue weighted by atomic mass is 9.56. The van der Waals surface area contributed by atoms with Crippen molar-refractivity contribution >= 4 is 74.2 Å². The Morgan fingerprint density at radius 3 is 2.19 bits per heavy atom. The first-order valence-corrected chi connectivity index (χ1v) is 17.4. The van der Waals surface area contributed by atoms with E-state index in [-0.39, 0.29) is 43.2 Å². The number of allylic oxidation sites excluding steroid dienone is 2. The third kappa shape index (κ3) is 4.71. The van der Waals surface area contributed by atoms with Gasteiger partial charge in [0.05, 0.1) is 29.6 Å². The lowest BCUT2D eigenvalue weighted by Crippen LogP contribution is -2.60. The van der Waals surface area contributed by atoms with Gasteiger partial charge < -0.3 is 9.84 Å². The van der Waals surface area contributed by atoms with Gasteiger partial charge in [-0.25, -0.2) is 0 Å². The highest BCUT2D eigenvalue weighted by Gasteiger charge is 2.76. The molecule has 4 amide bonds. The third-order valence-electron chi connectivity index (χ3n) is 10.0. The largest absolute Gasteiger partial charge is 0.491 e. The molecule has 12 heteroatoms. The molecule has 246 valence electrons. The van der Waals surface area contributed by atoms with Crippen molar-refractivity contribution in [1.29, 1.82) is 0 Å². The number of hydrogen-bond donors (Lipinski definition) is 1. The number of fused-ring (bicyclic) bond motifs is 4. The predicted molar refractivity (Wildman–Crippen MR) is 181 cm³/mol. The van der Waals surface area contributed by atoms with Crippen molar-refractivity contribution in [3.63, 3.8) is 0 Å². The van der Waals surface area contributed by atoms with Crippen LogP contribution < -0.4 is 9.64 Å². The standard InChI is InChI=1S/C36H29BrCl2N2O7/c37-19-40-33(46)35(38)18-27-25(29(36(35,39)34(40)47)20-8-12-24(13-9-20)48-17-16-42)14-15-26-28(27)32(45)41(31(26)44)23-10-6-22(7-11-23)30(43)21-4-2-1-3-5-21/h1-14,26-29,42H,15-19H2. The Morgan fingerprint density at radius 1 is 0.875 bits per heavy atom.